The number of anilines is 1. The van der Waals surface area contributed by atoms with E-state index in [9.17, 15) is 9.59 Å². The van der Waals surface area contributed by atoms with Crippen molar-refractivity contribution in [3.8, 4) is 10.6 Å². The molecule has 0 atom stereocenters. The summed E-state index contributed by atoms with van der Waals surface area (Å²) in [5.74, 6) is -0.664. The molecule has 1 fully saturated rings. The fourth-order valence-electron chi connectivity index (χ4n) is 3.74. The zero-order chi connectivity index (χ0) is 23.4. The van der Waals surface area contributed by atoms with Crippen molar-refractivity contribution in [1.82, 2.24) is 14.8 Å². The van der Waals surface area contributed by atoms with Gasteiger partial charge in [-0.1, -0.05) is 24.3 Å². The van der Waals surface area contributed by atoms with Crippen molar-refractivity contribution in [2.75, 3.05) is 45.7 Å². The summed E-state index contributed by atoms with van der Waals surface area (Å²) in [5.41, 5.74) is 3.44. The number of aromatic nitrogens is 1. The second kappa shape index (κ2) is 10.6. The van der Waals surface area contributed by atoms with Crippen LogP contribution in [-0.4, -0.2) is 67.0 Å². The highest BCUT2D eigenvalue weighted by atomic mass is 32.1. The maximum Gasteiger partial charge on any atom is 0.340 e. The van der Waals surface area contributed by atoms with E-state index in [1.165, 1.54) is 35.3 Å². The van der Waals surface area contributed by atoms with Gasteiger partial charge in [0, 0.05) is 48.5 Å². The third-order valence-electron chi connectivity index (χ3n) is 5.61. The average Bonchev–Trinajstić information content (AvgIpc) is 3.41. The molecule has 1 amide bonds. The van der Waals surface area contributed by atoms with Gasteiger partial charge in [0.1, 0.15) is 10.0 Å². The van der Waals surface area contributed by atoms with Crippen molar-refractivity contribution in [2.24, 2.45) is 0 Å². The molecule has 3 aromatic rings. The van der Waals surface area contributed by atoms with Gasteiger partial charge in [0.2, 0.25) is 5.91 Å². The summed E-state index contributed by atoms with van der Waals surface area (Å²) in [6.45, 7) is 7.28. The number of hydrogen-bond donors (Lipinski definition) is 1. The standard InChI is InChI=1S/C24H28N4O3S2/c1-16-12-20(24(30)31-3)23(33-16)26-21(29)13-19-15-32-22(25-19)18-6-4-17(5-7-18)14-28-10-8-27(2)9-11-28/h4-7,12,15H,8-11,13-14H2,1-3H3,(H,26,29). The van der Waals surface area contributed by atoms with Crippen LogP contribution in [0, 0.1) is 6.92 Å². The predicted molar refractivity (Wildman–Crippen MR) is 133 cm³/mol. The van der Waals surface area contributed by atoms with Crippen molar-refractivity contribution in [1.29, 1.82) is 0 Å². The molecule has 0 unspecified atom stereocenters. The van der Waals surface area contributed by atoms with Crippen LogP contribution in [0.3, 0.4) is 0 Å². The Morgan fingerprint density at radius 3 is 2.58 bits per heavy atom. The number of nitrogens with one attached hydrogen (secondary N) is 1. The fraction of sp³-hybridized carbons (Fsp3) is 0.375. The van der Waals surface area contributed by atoms with Gasteiger partial charge in [0.15, 0.2) is 0 Å². The van der Waals surface area contributed by atoms with Crippen molar-refractivity contribution in [2.45, 2.75) is 19.9 Å². The lowest BCUT2D eigenvalue weighted by atomic mass is 10.1. The Balaban J connectivity index is 1.35. The van der Waals surface area contributed by atoms with Gasteiger partial charge >= 0.3 is 5.97 Å². The lowest BCUT2D eigenvalue weighted by molar-refractivity contribution is -0.115. The van der Waals surface area contributed by atoms with Crippen LogP contribution in [0.2, 0.25) is 0 Å². The molecule has 0 radical (unpaired) electrons. The average molecular weight is 485 g/mol. The third-order valence-corrected chi connectivity index (χ3v) is 7.52. The number of ether oxygens (including phenoxy) is 1. The van der Waals surface area contributed by atoms with E-state index >= 15 is 0 Å². The van der Waals surface area contributed by atoms with Crippen LogP contribution >= 0.6 is 22.7 Å². The van der Waals surface area contributed by atoms with Crippen LogP contribution in [-0.2, 0) is 22.5 Å². The molecular weight excluding hydrogens is 456 g/mol. The molecule has 1 N–H and O–H groups in total. The van der Waals surface area contributed by atoms with Crippen LogP contribution in [0.4, 0.5) is 5.00 Å². The van der Waals surface area contributed by atoms with E-state index in [1.807, 2.05) is 12.3 Å². The summed E-state index contributed by atoms with van der Waals surface area (Å²) in [5, 5.41) is 6.14. The van der Waals surface area contributed by atoms with Crippen LogP contribution in [0.5, 0.6) is 0 Å². The van der Waals surface area contributed by atoms with E-state index in [-0.39, 0.29) is 12.3 Å². The number of hydrogen-bond acceptors (Lipinski definition) is 8. The molecule has 1 aromatic carbocycles. The van der Waals surface area contributed by atoms with E-state index < -0.39 is 5.97 Å². The van der Waals surface area contributed by atoms with Gasteiger partial charge < -0.3 is 15.0 Å². The molecule has 0 saturated carbocycles. The molecule has 1 aliphatic heterocycles. The van der Waals surface area contributed by atoms with Crippen molar-refractivity contribution >= 4 is 39.6 Å². The van der Waals surface area contributed by atoms with E-state index in [4.69, 9.17) is 4.74 Å². The first-order chi connectivity index (χ1) is 15.9. The smallest absolute Gasteiger partial charge is 0.340 e. The predicted octanol–water partition coefficient (Wildman–Crippen LogP) is 3.90. The summed E-state index contributed by atoms with van der Waals surface area (Å²) in [6, 6.07) is 10.3. The molecule has 0 bridgehead atoms. The molecule has 1 saturated heterocycles. The van der Waals surface area contributed by atoms with Gasteiger partial charge in [-0.25, -0.2) is 9.78 Å². The number of amides is 1. The monoisotopic (exact) mass is 484 g/mol. The largest absolute Gasteiger partial charge is 0.465 e. The second-order valence-electron chi connectivity index (χ2n) is 8.24. The first-order valence-electron chi connectivity index (χ1n) is 10.8. The lowest BCUT2D eigenvalue weighted by Gasteiger charge is -2.32. The molecule has 174 valence electrons. The van der Waals surface area contributed by atoms with Gasteiger partial charge in [-0.05, 0) is 25.6 Å². The number of aryl methyl sites for hydroxylation is 1. The van der Waals surface area contributed by atoms with Gasteiger partial charge in [-0.2, -0.15) is 0 Å². The number of benzene rings is 1. The molecule has 33 heavy (non-hydrogen) atoms. The summed E-state index contributed by atoms with van der Waals surface area (Å²) < 4.78 is 4.80. The van der Waals surface area contributed by atoms with Gasteiger partial charge in [-0.3, -0.25) is 9.69 Å². The van der Waals surface area contributed by atoms with Crippen LogP contribution in [0.15, 0.2) is 35.7 Å². The van der Waals surface area contributed by atoms with E-state index in [0.29, 0.717) is 16.3 Å². The Bertz CT molecular complexity index is 1120. The molecule has 9 heteroatoms. The molecule has 0 aliphatic carbocycles. The first kappa shape index (κ1) is 23.6. The van der Waals surface area contributed by atoms with E-state index in [2.05, 4.69) is 51.4 Å². The number of esters is 1. The maximum atomic E-state index is 12.6. The number of carbonyl (C=O) groups is 2. The zero-order valence-corrected chi connectivity index (χ0v) is 20.7. The summed E-state index contributed by atoms with van der Waals surface area (Å²) in [7, 11) is 3.50. The fourth-order valence-corrected chi connectivity index (χ4v) is 5.48. The molecule has 0 spiro atoms. The number of likely N-dealkylation sites (N-methyl/N-ethyl adjacent to an activating group) is 1. The number of methoxy groups -OCH3 is 1. The number of nitrogens with zero attached hydrogens (tertiary/aromatic N) is 3. The van der Waals surface area contributed by atoms with Crippen molar-refractivity contribution < 1.29 is 14.3 Å². The Labute approximate surface area is 202 Å². The van der Waals surface area contributed by atoms with E-state index in [1.54, 1.807) is 6.07 Å². The third kappa shape index (κ3) is 6.05. The normalized spacial score (nSPS) is 14.9. The van der Waals surface area contributed by atoms with Gasteiger partial charge in [-0.15, -0.1) is 22.7 Å². The highest BCUT2D eigenvalue weighted by Gasteiger charge is 2.18. The van der Waals surface area contributed by atoms with Crippen LogP contribution in [0.25, 0.3) is 10.6 Å². The topological polar surface area (TPSA) is 74.8 Å². The zero-order valence-electron chi connectivity index (χ0n) is 19.1. The van der Waals surface area contributed by atoms with Gasteiger partial charge in [0.05, 0.1) is 24.8 Å². The number of thiazole rings is 1. The minimum Gasteiger partial charge on any atom is -0.465 e. The molecule has 1 aliphatic rings. The number of carbonyl (C=O) groups excluding carboxylic acids is 2. The second-order valence-corrected chi connectivity index (χ2v) is 10.4. The van der Waals surface area contributed by atoms with Crippen molar-refractivity contribution in [3.05, 3.63) is 57.4 Å². The van der Waals surface area contributed by atoms with Crippen LogP contribution < -0.4 is 5.32 Å². The molecule has 4 rings (SSSR count). The summed E-state index contributed by atoms with van der Waals surface area (Å²) in [6.07, 6.45) is 0.148. The minimum atomic E-state index is -0.457. The lowest BCUT2D eigenvalue weighted by Crippen LogP contribution is -2.43. The first-order valence-corrected chi connectivity index (χ1v) is 12.5. The van der Waals surface area contributed by atoms with Gasteiger partial charge in [0.25, 0.3) is 0 Å². The Kier molecular flexibility index (Phi) is 7.54. The van der Waals surface area contributed by atoms with E-state index in [0.717, 1.165) is 48.2 Å². The molecule has 2 aromatic heterocycles. The quantitative estimate of drug-likeness (QED) is 0.513. The van der Waals surface area contributed by atoms with Crippen molar-refractivity contribution in [3.63, 3.8) is 0 Å². The molecular formula is C24H28N4O3S2. The number of rotatable bonds is 7. The summed E-state index contributed by atoms with van der Waals surface area (Å²) >= 11 is 2.89. The SMILES string of the molecule is COC(=O)c1cc(C)sc1NC(=O)Cc1csc(-c2ccc(CN3CCN(C)CC3)cc2)n1. The Morgan fingerprint density at radius 2 is 1.88 bits per heavy atom. The number of piperazine rings is 1. The molecule has 3 heterocycles. The summed E-state index contributed by atoms with van der Waals surface area (Å²) in [4.78, 5) is 34.9. The highest BCUT2D eigenvalue weighted by Crippen LogP contribution is 2.29. The minimum absolute atomic E-state index is 0.148. The molecule has 7 nitrogen and oxygen atoms in total. The Morgan fingerprint density at radius 1 is 1.15 bits per heavy atom. The number of thiophene rings is 1. The highest BCUT2D eigenvalue weighted by molar-refractivity contribution is 7.16. The van der Waals surface area contributed by atoms with Crippen LogP contribution in [0.1, 0.15) is 26.5 Å². The maximum absolute atomic E-state index is 12.6. The Hall–Kier alpha value is -2.59.